The van der Waals surface area contributed by atoms with Crippen molar-refractivity contribution in [2.45, 2.75) is 64.0 Å². The van der Waals surface area contributed by atoms with Crippen molar-refractivity contribution in [3.05, 3.63) is 0 Å². The number of hydrogen-bond acceptors (Lipinski definition) is 3. The molecule has 0 aromatic rings. The first-order valence-corrected chi connectivity index (χ1v) is 7.66. The van der Waals surface area contributed by atoms with Crippen LogP contribution in [0, 0.1) is 5.92 Å². The van der Waals surface area contributed by atoms with Gasteiger partial charge in [-0.3, -0.25) is 9.69 Å². The Labute approximate surface area is 116 Å². The van der Waals surface area contributed by atoms with Gasteiger partial charge in [-0.15, -0.1) is 0 Å². The van der Waals surface area contributed by atoms with Gasteiger partial charge in [-0.2, -0.15) is 0 Å². The number of aliphatic carboxylic acids is 1. The Balaban J connectivity index is 2.14. The van der Waals surface area contributed by atoms with Crippen LogP contribution in [0.25, 0.3) is 0 Å². The number of hydrogen-bond donors (Lipinski definition) is 2. The van der Waals surface area contributed by atoms with Crippen LogP contribution in [0.5, 0.6) is 0 Å². The molecule has 2 rings (SSSR count). The average Bonchev–Trinajstić information content (AvgIpc) is 3.11. The van der Waals surface area contributed by atoms with Gasteiger partial charge < -0.3 is 10.4 Å². The molecule has 1 aliphatic heterocycles. The van der Waals surface area contributed by atoms with E-state index in [0.29, 0.717) is 12.5 Å². The van der Waals surface area contributed by atoms with Gasteiger partial charge in [0, 0.05) is 12.1 Å². The minimum atomic E-state index is -0.725. The van der Waals surface area contributed by atoms with Gasteiger partial charge >= 0.3 is 5.97 Å². The molecule has 0 amide bonds. The molecule has 4 nitrogen and oxygen atoms in total. The summed E-state index contributed by atoms with van der Waals surface area (Å²) in [5, 5.41) is 13.2. The molecule has 4 heteroatoms. The Morgan fingerprint density at radius 2 is 2.16 bits per heavy atom. The largest absolute Gasteiger partial charge is 0.480 e. The highest BCUT2D eigenvalue weighted by Crippen LogP contribution is 2.42. The van der Waals surface area contributed by atoms with Crippen molar-refractivity contribution in [1.29, 1.82) is 0 Å². The molecular weight excluding hydrogens is 240 g/mol. The van der Waals surface area contributed by atoms with Gasteiger partial charge in [0.05, 0.1) is 0 Å². The van der Waals surface area contributed by atoms with Gasteiger partial charge in [0.25, 0.3) is 0 Å². The normalized spacial score (nSPS) is 26.3. The summed E-state index contributed by atoms with van der Waals surface area (Å²) in [5.41, 5.74) is -0.582. The van der Waals surface area contributed by atoms with E-state index in [1.807, 2.05) is 0 Å². The zero-order valence-corrected chi connectivity index (χ0v) is 12.5. The molecule has 19 heavy (non-hydrogen) atoms. The molecular formula is C15H28N2O2. The molecule has 1 unspecified atom stereocenters. The van der Waals surface area contributed by atoms with Crippen LogP contribution >= 0.6 is 0 Å². The summed E-state index contributed by atoms with van der Waals surface area (Å²) in [7, 11) is 0. The predicted molar refractivity (Wildman–Crippen MR) is 76.3 cm³/mol. The molecule has 0 aromatic heterocycles. The highest BCUT2D eigenvalue weighted by Gasteiger charge is 2.53. The summed E-state index contributed by atoms with van der Waals surface area (Å²) in [6.45, 7) is 9.03. The lowest BCUT2D eigenvalue weighted by molar-refractivity contribution is -0.147. The van der Waals surface area contributed by atoms with E-state index in [9.17, 15) is 9.90 Å². The van der Waals surface area contributed by atoms with Gasteiger partial charge in [-0.05, 0) is 65.0 Å². The molecule has 1 saturated heterocycles. The first kappa shape index (κ1) is 14.8. The first-order chi connectivity index (χ1) is 8.92. The summed E-state index contributed by atoms with van der Waals surface area (Å²) >= 11 is 0. The number of nitrogens with zero attached hydrogens (tertiary/aromatic N) is 1. The molecule has 110 valence electrons. The fraction of sp³-hybridized carbons (Fsp3) is 0.933. The third-order valence-electron chi connectivity index (χ3n) is 4.86. The van der Waals surface area contributed by atoms with Crippen molar-refractivity contribution < 1.29 is 9.90 Å². The maximum atomic E-state index is 11.9. The second-order valence-electron chi connectivity index (χ2n) is 6.82. The Kier molecular flexibility index (Phi) is 4.21. The lowest BCUT2D eigenvalue weighted by atomic mass is 9.90. The van der Waals surface area contributed by atoms with E-state index in [-0.39, 0.29) is 5.54 Å². The molecule has 0 bridgehead atoms. The van der Waals surface area contributed by atoms with Gasteiger partial charge in [0.2, 0.25) is 0 Å². The van der Waals surface area contributed by atoms with Crippen molar-refractivity contribution in [2.24, 2.45) is 5.92 Å². The molecule has 0 aromatic carbocycles. The van der Waals surface area contributed by atoms with Crippen molar-refractivity contribution in [3.63, 3.8) is 0 Å². The van der Waals surface area contributed by atoms with E-state index in [4.69, 9.17) is 0 Å². The smallest absolute Gasteiger partial charge is 0.325 e. The van der Waals surface area contributed by atoms with Crippen LogP contribution in [-0.4, -0.2) is 46.7 Å². The van der Waals surface area contributed by atoms with Crippen LogP contribution in [-0.2, 0) is 4.79 Å². The number of rotatable bonds is 7. The van der Waals surface area contributed by atoms with Gasteiger partial charge in [0.15, 0.2) is 0 Å². The molecule has 1 aliphatic carbocycles. The third-order valence-corrected chi connectivity index (χ3v) is 4.86. The predicted octanol–water partition coefficient (Wildman–Crippen LogP) is 2.09. The van der Waals surface area contributed by atoms with Gasteiger partial charge in [-0.1, -0.05) is 6.92 Å². The zero-order chi connectivity index (χ0) is 14.1. The van der Waals surface area contributed by atoms with Gasteiger partial charge in [0.1, 0.15) is 5.54 Å². The molecule has 0 radical (unpaired) electrons. The summed E-state index contributed by atoms with van der Waals surface area (Å²) in [4.78, 5) is 14.3. The highest BCUT2D eigenvalue weighted by atomic mass is 16.4. The second kappa shape index (κ2) is 5.41. The fourth-order valence-corrected chi connectivity index (χ4v) is 3.33. The summed E-state index contributed by atoms with van der Waals surface area (Å²) in [5.74, 6) is -0.348. The quantitative estimate of drug-likeness (QED) is 0.742. The highest BCUT2D eigenvalue weighted by molar-refractivity contribution is 5.80. The van der Waals surface area contributed by atoms with Gasteiger partial charge in [-0.25, -0.2) is 0 Å². The second-order valence-corrected chi connectivity index (χ2v) is 6.82. The first-order valence-electron chi connectivity index (χ1n) is 7.66. The molecule has 2 N–H and O–H groups in total. The summed E-state index contributed by atoms with van der Waals surface area (Å²) in [6, 6.07) is 0. The van der Waals surface area contributed by atoms with Crippen molar-refractivity contribution in [2.75, 3.05) is 19.6 Å². The number of carboxylic acids is 1. The fourth-order valence-electron chi connectivity index (χ4n) is 3.33. The summed E-state index contributed by atoms with van der Waals surface area (Å²) in [6.07, 6.45) is 5.43. The molecule has 1 atom stereocenters. The number of nitrogens with one attached hydrogen (secondary N) is 1. The minimum Gasteiger partial charge on any atom is -0.480 e. The summed E-state index contributed by atoms with van der Waals surface area (Å²) < 4.78 is 0. The third kappa shape index (κ3) is 2.95. The molecule has 2 fully saturated rings. The number of likely N-dealkylation sites (tertiary alicyclic amines) is 1. The van der Waals surface area contributed by atoms with E-state index in [1.165, 1.54) is 12.8 Å². The average molecular weight is 268 g/mol. The molecule has 2 aliphatic rings. The molecule has 1 heterocycles. The van der Waals surface area contributed by atoms with Crippen molar-refractivity contribution >= 4 is 5.97 Å². The minimum absolute atomic E-state index is 0.142. The van der Waals surface area contributed by atoms with Crippen LogP contribution in [0.15, 0.2) is 0 Å². The number of carbonyl (C=O) groups is 1. The van der Waals surface area contributed by atoms with E-state index in [0.717, 1.165) is 32.4 Å². The number of carboxylic acid groups (broad SMARTS) is 1. The maximum Gasteiger partial charge on any atom is 0.325 e. The lowest BCUT2D eigenvalue weighted by Gasteiger charge is -2.40. The molecule has 0 spiro atoms. The monoisotopic (exact) mass is 268 g/mol. The maximum absolute atomic E-state index is 11.9. The van der Waals surface area contributed by atoms with Crippen LogP contribution < -0.4 is 5.32 Å². The Morgan fingerprint density at radius 3 is 2.58 bits per heavy atom. The Hall–Kier alpha value is -0.610. The molecule has 1 saturated carbocycles. The van der Waals surface area contributed by atoms with E-state index < -0.39 is 11.5 Å². The van der Waals surface area contributed by atoms with E-state index in [1.54, 1.807) is 0 Å². The van der Waals surface area contributed by atoms with Crippen molar-refractivity contribution in [3.8, 4) is 0 Å². The zero-order valence-electron chi connectivity index (χ0n) is 12.5. The van der Waals surface area contributed by atoms with Crippen LogP contribution in [0.4, 0.5) is 0 Å². The van der Waals surface area contributed by atoms with Crippen LogP contribution in [0.1, 0.15) is 52.9 Å². The van der Waals surface area contributed by atoms with E-state index >= 15 is 0 Å². The Morgan fingerprint density at radius 1 is 1.47 bits per heavy atom. The van der Waals surface area contributed by atoms with Crippen LogP contribution in [0.2, 0.25) is 0 Å². The van der Waals surface area contributed by atoms with Crippen LogP contribution in [0.3, 0.4) is 0 Å². The topological polar surface area (TPSA) is 52.6 Å². The Bertz CT molecular complexity index is 339. The standard InChI is InChI=1S/C15H28N2O2/c1-4-9-16-15(13(18)19,12-6-7-12)11-17-10-5-8-14(17,2)3/h12,16H,4-11H2,1-3H3,(H,18,19). The van der Waals surface area contributed by atoms with E-state index in [2.05, 4.69) is 31.0 Å². The SMILES string of the molecule is CCCNC(CN1CCCC1(C)C)(C(=O)O)C1CC1. The lowest BCUT2D eigenvalue weighted by Crippen LogP contribution is -2.62. The van der Waals surface area contributed by atoms with Crippen molar-refractivity contribution in [1.82, 2.24) is 10.2 Å².